The number of likely N-dealkylation sites (N-methyl/N-ethyl adjacent to an activating group) is 1. The third kappa shape index (κ3) is 3.44. The summed E-state index contributed by atoms with van der Waals surface area (Å²) in [6, 6.07) is 4.03. The summed E-state index contributed by atoms with van der Waals surface area (Å²) in [7, 11) is 2.09. The monoisotopic (exact) mass is 299 g/mol. The molecule has 1 aliphatic heterocycles. The molecule has 1 aliphatic rings. The van der Waals surface area contributed by atoms with Gasteiger partial charge < -0.3 is 4.90 Å². The van der Waals surface area contributed by atoms with Crippen LogP contribution in [0, 0.1) is 10.1 Å². The van der Waals surface area contributed by atoms with Crippen molar-refractivity contribution in [1.29, 1.82) is 0 Å². The molecule has 0 aromatic heterocycles. The highest BCUT2D eigenvalue weighted by Crippen LogP contribution is 2.23. The number of nitrogens with one attached hydrogen (secondary N) is 2. The van der Waals surface area contributed by atoms with Gasteiger partial charge in [-0.1, -0.05) is 11.6 Å². The molecule has 0 radical (unpaired) electrons. The minimum atomic E-state index is -0.602. The molecule has 0 bridgehead atoms. The quantitative estimate of drug-likeness (QED) is 0.594. The van der Waals surface area contributed by atoms with E-state index in [1.165, 1.54) is 23.1 Å². The number of nitro groups is 1. The summed E-state index contributed by atoms with van der Waals surface area (Å²) in [5.74, 6) is -0.479. The number of piperazine rings is 1. The van der Waals surface area contributed by atoms with Crippen LogP contribution in [0.2, 0.25) is 5.02 Å². The minimum Gasteiger partial charge on any atom is -0.335 e. The Morgan fingerprint density at radius 1 is 1.45 bits per heavy atom. The van der Waals surface area contributed by atoms with E-state index in [9.17, 15) is 14.9 Å². The van der Waals surface area contributed by atoms with Gasteiger partial charge in [0.2, 0.25) is 0 Å². The topological polar surface area (TPSA) is 79.9 Å². The molecule has 1 aromatic rings. The van der Waals surface area contributed by atoms with Crippen LogP contribution in [0.1, 0.15) is 10.4 Å². The number of amides is 1. The molecule has 0 aliphatic carbocycles. The second kappa shape index (κ2) is 6.17. The smallest absolute Gasteiger partial charge is 0.283 e. The van der Waals surface area contributed by atoms with Gasteiger partial charge in [-0.2, -0.15) is 0 Å². The summed E-state index contributed by atoms with van der Waals surface area (Å²) in [6.07, 6.45) is 0. The van der Waals surface area contributed by atoms with Crippen LogP contribution in [-0.4, -0.2) is 49.1 Å². The molecule has 1 aromatic carbocycles. The fourth-order valence-corrected chi connectivity index (χ4v) is 2.22. The second-order valence-corrected chi connectivity index (χ2v) is 5.24. The maximum absolute atomic E-state index is 12.1. The lowest BCUT2D eigenvalue weighted by molar-refractivity contribution is -0.884. The van der Waals surface area contributed by atoms with Gasteiger partial charge in [-0.15, -0.1) is 0 Å². The van der Waals surface area contributed by atoms with E-state index in [1.54, 1.807) is 5.01 Å². The Kier molecular flexibility index (Phi) is 4.53. The summed E-state index contributed by atoms with van der Waals surface area (Å²) < 4.78 is 0. The predicted molar refractivity (Wildman–Crippen MR) is 73.8 cm³/mol. The Bertz CT molecular complexity index is 529. The summed E-state index contributed by atoms with van der Waals surface area (Å²) >= 11 is 5.72. The minimum absolute atomic E-state index is 0.0191. The standard InChI is InChI=1S/C12H15ClN4O3/c1-15-4-6-16(7-5-15)14-12(18)10-3-2-9(13)8-11(10)17(19)20/h2-3,8H,4-7H2,1H3,(H,14,18)/p+1. The average Bonchev–Trinajstić information content (AvgIpc) is 2.41. The number of rotatable bonds is 3. The zero-order valence-corrected chi connectivity index (χ0v) is 11.8. The van der Waals surface area contributed by atoms with Gasteiger partial charge in [0.25, 0.3) is 11.6 Å². The van der Waals surface area contributed by atoms with Gasteiger partial charge in [-0.25, -0.2) is 5.01 Å². The van der Waals surface area contributed by atoms with Crippen molar-refractivity contribution in [3.8, 4) is 0 Å². The zero-order valence-electron chi connectivity index (χ0n) is 11.1. The number of nitrogens with zero attached hydrogens (tertiary/aromatic N) is 2. The number of carbonyl (C=O) groups excluding carboxylic acids is 1. The first-order chi connectivity index (χ1) is 9.47. The summed E-state index contributed by atoms with van der Waals surface area (Å²) in [5.41, 5.74) is 2.44. The predicted octanol–water partition coefficient (Wildman–Crippen LogP) is -0.277. The molecule has 108 valence electrons. The van der Waals surface area contributed by atoms with Crippen LogP contribution in [0.15, 0.2) is 18.2 Å². The van der Waals surface area contributed by atoms with Crippen molar-refractivity contribution in [2.45, 2.75) is 0 Å². The van der Waals surface area contributed by atoms with Crippen LogP contribution in [0.3, 0.4) is 0 Å². The molecule has 1 heterocycles. The maximum Gasteiger partial charge on any atom is 0.283 e. The molecule has 0 saturated carbocycles. The Balaban J connectivity index is 2.11. The number of hydrogen-bond donors (Lipinski definition) is 2. The van der Waals surface area contributed by atoms with Crippen LogP contribution in [0.4, 0.5) is 5.69 Å². The molecule has 20 heavy (non-hydrogen) atoms. The molecule has 0 atom stereocenters. The lowest BCUT2D eigenvalue weighted by Crippen LogP contribution is -3.12. The molecular weight excluding hydrogens is 284 g/mol. The van der Waals surface area contributed by atoms with E-state index < -0.39 is 10.8 Å². The molecule has 0 spiro atoms. The van der Waals surface area contributed by atoms with Crippen molar-refractivity contribution in [2.75, 3.05) is 33.2 Å². The van der Waals surface area contributed by atoms with Crippen molar-refractivity contribution in [3.63, 3.8) is 0 Å². The van der Waals surface area contributed by atoms with Crippen LogP contribution < -0.4 is 10.3 Å². The fraction of sp³-hybridized carbons (Fsp3) is 0.417. The van der Waals surface area contributed by atoms with E-state index in [1.807, 2.05) is 0 Å². The SMILES string of the molecule is C[NH+]1CCN(NC(=O)c2ccc(Cl)cc2[N+](=O)[O-])CC1. The number of nitro benzene ring substituents is 1. The third-order valence-electron chi connectivity index (χ3n) is 3.28. The highest BCUT2D eigenvalue weighted by Gasteiger charge is 2.24. The Labute approximate surface area is 121 Å². The maximum atomic E-state index is 12.1. The first kappa shape index (κ1) is 14.7. The van der Waals surface area contributed by atoms with E-state index in [0.717, 1.165) is 26.2 Å². The Morgan fingerprint density at radius 3 is 2.70 bits per heavy atom. The zero-order chi connectivity index (χ0) is 14.7. The van der Waals surface area contributed by atoms with Crippen molar-refractivity contribution >= 4 is 23.2 Å². The molecule has 1 fully saturated rings. The van der Waals surface area contributed by atoms with E-state index in [2.05, 4.69) is 12.5 Å². The number of benzene rings is 1. The van der Waals surface area contributed by atoms with Crippen LogP contribution in [0.5, 0.6) is 0 Å². The third-order valence-corrected chi connectivity index (χ3v) is 3.51. The first-order valence-electron chi connectivity index (χ1n) is 6.28. The van der Waals surface area contributed by atoms with Crippen LogP contribution in [0.25, 0.3) is 0 Å². The Hall–Kier alpha value is -1.70. The molecule has 2 N–H and O–H groups in total. The van der Waals surface area contributed by atoms with Gasteiger partial charge in [-0.05, 0) is 12.1 Å². The highest BCUT2D eigenvalue weighted by molar-refractivity contribution is 6.31. The van der Waals surface area contributed by atoms with Gasteiger partial charge in [-0.3, -0.25) is 20.3 Å². The summed E-state index contributed by atoms with van der Waals surface area (Å²) in [6.45, 7) is 3.28. The van der Waals surface area contributed by atoms with Gasteiger partial charge >= 0.3 is 0 Å². The number of hydrazine groups is 1. The number of halogens is 1. The highest BCUT2D eigenvalue weighted by atomic mass is 35.5. The van der Waals surface area contributed by atoms with E-state index in [0.29, 0.717) is 0 Å². The number of carbonyl (C=O) groups is 1. The number of quaternary nitrogens is 1. The van der Waals surface area contributed by atoms with Gasteiger partial charge in [0, 0.05) is 11.1 Å². The summed E-state index contributed by atoms with van der Waals surface area (Å²) in [4.78, 5) is 23.9. The normalized spacial score (nSPS) is 16.9. The van der Waals surface area contributed by atoms with E-state index in [4.69, 9.17) is 11.6 Å². The largest absolute Gasteiger partial charge is 0.335 e. The molecule has 2 rings (SSSR count). The lowest BCUT2D eigenvalue weighted by Gasteiger charge is -2.30. The second-order valence-electron chi connectivity index (χ2n) is 4.80. The van der Waals surface area contributed by atoms with Gasteiger partial charge in [0.1, 0.15) is 5.56 Å². The fourth-order valence-electron chi connectivity index (χ4n) is 2.05. The van der Waals surface area contributed by atoms with Gasteiger partial charge in [0.15, 0.2) is 0 Å². The molecule has 0 unspecified atom stereocenters. The number of hydrogen-bond acceptors (Lipinski definition) is 4. The molecule has 1 saturated heterocycles. The first-order valence-corrected chi connectivity index (χ1v) is 6.66. The van der Waals surface area contributed by atoms with Crippen LogP contribution in [-0.2, 0) is 0 Å². The van der Waals surface area contributed by atoms with E-state index in [-0.39, 0.29) is 16.3 Å². The van der Waals surface area contributed by atoms with E-state index >= 15 is 0 Å². The molecule has 8 heteroatoms. The molecule has 1 amide bonds. The van der Waals surface area contributed by atoms with Crippen molar-refractivity contribution in [1.82, 2.24) is 10.4 Å². The van der Waals surface area contributed by atoms with Crippen molar-refractivity contribution in [3.05, 3.63) is 38.9 Å². The lowest BCUT2D eigenvalue weighted by atomic mass is 10.1. The Morgan fingerprint density at radius 2 is 2.10 bits per heavy atom. The van der Waals surface area contributed by atoms with Crippen LogP contribution >= 0.6 is 11.6 Å². The molecule has 7 nitrogen and oxygen atoms in total. The van der Waals surface area contributed by atoms with Crippen molar-refractivity contribution < 1.29 is 14.6 Å². The average molecular weight is 300 g/mol. The molecular formula is C12H16ClN4O3+. The van der Waals surface area contributed by atoms with Gasteiger partial charge in [0.05, 0.1) is 38.2 Å². The summed E-state index contributed by atoms with van der Waals surface area (Å²) in [5, 5.41) is 13.0. The van der Waals surface area contributed by atoms with Crippen molar-refractivity contribution in [2.24, 2.45) is 0 Å².